The molecule has 3 rings (SSSR count). The monoisotopic (exact) mass is 317 g/mol. The topological polar surface area (TPSA) is 3.24 Å². The second-order valence-electron chi connectivity index (χ2n) is 7.00. The van der Waals surface area contributed by atoms with Gasteiger partial charge in [0.25, 0.3) is 0 Å². The number of nitrogens with zero attached hydrogens (tertiary/aromatic N) is 1. The van der Waals surface area contributed by atoms with Gasteiger partial charge in [-0.15, -0.1) is 6.58 Å². The zero-order valence-electron chi connectivity index (χ0n) is 14.7. The highest BCUT2D eigenvalue weighted by molar-refractivity contribution is 5.24. The first-order valence-corrected chi connectivity index (χ1v) is 8.78. The molecule has 2 aromatic carbocycles. The second kappa shape index (κ2) is 7.63. The molecule has 0 bridgehead atoms. The Kier molecular flexibility index (Phi) is 5.32. The Morgan fingerprint density at radius 3 is 1.79 bits per heavy atom. The zero-order chi connectivity index (χ0) is 16.9. The normalized spacial score (nSPS) is 22.2. The van der Waals surface area contributed by atoms with E-state index in [0.29, 0.717) is 17.9 Å². The Hall–Kier alpha value is -2.12. The Bertz CT molecular complexity index is 641. The molecule has 2 aromatic rings. The molecule has 3 atom stereocenters. The number of rotatable bonds is 7. The molecule has 0 saturated heterocycles. The molecular formula is C23H27N. The maximum atomic E-state index is 4.07. The molecule has 1 fully saturated rings. The Labute approximate surface area is 146 Å². The van der Waals surface area contributed by atoms with Gasteiger partial charge in [-0.1, -0.05) is 78.4 Å². The van der Waals surface area contributed by atoms with Gasteiger partial charge >= 0.3 is 0 Å². The summed E-state index contributed by atoms with van der Waals surface area (Å²) in [5, 5.41) is 0. The first-order chi connectivity index (χ1) is 11.7. The van der Waals surface area contributed by atoms with Crippen molar-refractivity contribution >= 4 is 0 Å². The van der Waals surface area contributed by atoms with Gasteiger partial charge in [0.15, 0.2) is 0 Å². The van der Waals surface area contributed by atoms with Crippen LogP contribution in [0.25, 0.3) is 0 Å². The van der Waals surface area contributed by atoms with Crippen molar-refractivity contribution in [3.63, 3.8) is 0 Å². The Morgan fingerprint density at radius 2 is 1.38 bits per heavy atom. The molecule has 0 N–H and O–H groups in total. The molecule has 24 heavy (non-hydrogen) atoms. The molecule has 0 amide bonds. The maximum absolute atomic E-state index is 4.07. The third-order valence-corrected chi connectivity index (χ3v) is 4.77. The van der Waals surface area contributed by atoms with Gasteiger partial charge in [0.2, 0.25) is 0 Å². The third-order valence-electron chi connectivity index (χ3n) is 4.77. The number of benzene rings is 2. The predicted molar refractivity (Wildman–Crippen MR) is 103 cm³/mol. The molecule has 0 unspecified atom stereocenters. The highest BCUT2D eigenvalue weighted by atomic mass is 15.2. The summed E-state index contributed by atoms with van der Waals surface area (Å²) in [6.07, 6.45) is 4.55. The van der Waals surface area contributed by atoms with E-state index in [4.69, 9.17) is 0 Å². The lowest BCUT2D eigenvalue weighted by Crippen LogP contribution is -2.27. The minimum atomic E-state index is 0.554. The molecule has 1 heteroatoms. The molecule has 0 aromatic heterocycles. The van der Waals surface area contributed by atoms with E-state index >= 15 is 0 Å². The van der Waals surface area contributed by atoms with Gasteiger partial charge < -0.3 is 0 Å². The van der Waals surface area contributed by atoms with Gasteiger partial charge in [-0.25, -0.2) is 0 Å². The minimum Gasteiger partial charge on any atom is -0.291 e. The minimum absolute atomic E-state index is 0.554. The van der Waals surface area contributed by atoms with Crippen molar-refractivity contribution in [2.45, 2.75) is 33.0 Å². The summed E-state index contributed by atoms with van der Waals surface area (Å²) in [6.45, 7) is 10.4. The molecule has 0 heterocycles. The summed E-state index contributed by atoms with van der Waals surface area (Å²) < 4.78 is 0. The summed E-state index contributed by atoms with van der Waals surface area (Å²) in [6, 6.07) is 22.1. The van der Waals surface area contributed by atoms with Crippen LogP contribution in [-0.4, -0.2) is 10.9 Å². The zero-order valence-corrected chi connectivity index (χ0v) is 14.7. The van der Waals surface area contributed by atoms with E-state index in [2.05, 4.69) is 98.1 Å². The quantitative estimate of drug-likeness (QED) is 0.613. The summed E-state index contributed by atoms with van der Waals surface area (Å²) in [5.74, 6) is 1.16. The fraction of sp³-hybridized carbons (Fsp3) is 0.304. The van der Waals surface area contributed by atoms with Gasteiger partial charge in [0.1, 0.15) is 0 Å². The van der Waals surface area contributed by atoms with E-state index in [1.807, 2.05) is 0 Å². The third kappa shape index (κ3) is 4.04. The highest BCUT2D eigenvalue weighted by Crippen LogP contribution is 2.46. The van der Waals surface area contributed by atoms with Crippen LogP contribution in [0.4, 0.5) is 0 Å². The van der Waals surface area contributed by atoms with Gasteiger partial charge in [-0.05, 0) is 25.0 Å². The van der Waals surface area contributed by atoms with E-state index in [1.54, 1.807) is 0 Å². The SMILES string of the molecule is C=C[C@@H]1[C@H](C=C(C)C)[C@@H]1N(Cc1ccccc1)Cc1ccccc1. The summed E-state index contributed by atoms with van der Waals surface area (Å²) in [7, 11) is 0. The number of allylic oxidation sites excluding steroid dienone is 1. The van der Waals surface area contributed by atoms with Crippen LogP contribution in [0.15, 0.2) is 85.0 Å². The summed E-state index contributed by atoms with van der Waals surface area (Å²) in [5.41, 5.74) is 4.15. The lowest BCUT2D eigenvalue weighted by Gasteiger charge is -2.23. The maximum Gasteiger partial charge on any atom is 0.0240 e. The summed E-state index contributed by atoms with van der Waals surface area (Å²) in [4.78, 5) is 2.61. The Balaban J connectivity index is 1.82. The average Bonchev–Trinajstić information content (AvgIpc) is 3.28. The van der Waals surface area contributed by atoms with Crippen LogP contribution in [0.3, 0.4) is 0 Å². The molecule has 1 aliphatic rings. The van der Waals surface area contributed by atoms with Crippen LogP contribution in [0.2, 0.25) is 0 Å². The molecule has 0 spiro atoms. The van der Waals surface area contributed by atoms with Crippen molar-refractivity contribution in [3.05, 3.63) is 96.1 Å². The fourth-order valence-electron chi connectivity index (χ4n) is 3.62. The standard InChI is InChI=1S/C23H27N/c1-4-21-22(15-18(2)3)23(21)24(16-19-11-7-5-8-12-19)17-20-13-9-6-10-14-20/h4-15,21-23H,1,16-17H2,2-3H3/t21-,22+,23-/m1/s1. The fourth-order valence-corrected chi connectivity index (χ4v) is 3.62. The average molecular weight is 317 g/mol. The van der Waals surface area contributed by atoms with Crippen LogP contribution in [0.1, 0.15) is 25.0 Å². The van der Waals surface area contributed by atoms with Crippen LogP contribution in [0.5, 0.6) is 0 Å². The van der Waals surface area contributed by atoms with Gasteiger partial charge in [-0.3, -0.25) is 4.90 Å². The number of hydrogen-bond donors (Lipinski definition) is 0. The van der Waals surface area contributed by atoms with E-state index in [-0.39, 0.29) is 0 Å². The molecule has 1 nitrogen and oxygen atoms in total. The van der Waals surface area contributed by atoms with Crippen molar-refractivity contribution in [1.82, 2.24) is 4.90 Å². The molecule has 0 radical (unpaired) electrons. The highest BCUT2D eigenvalue weighted by Gasteiger charge is 2.49. The van der Waals surface area contributed by atoms with E-state index in [0.717, 1.165) is 13.1 Å². The van der Waals surface area contributed by atoms with Crippen LogP contribution in [0, 0.1) is 11.8 Å². The van der Waals surface area contributed by atoms with Gasteiger partial charge in [0.05, 0.1) is 0 Å². The number of hydrogen-bond acceptors (Lipinski definition) is 1. The molecule has 0 aliphatic heterocycles. The predicted octanol–water partition coefficient (Wildman–Crippen LogP) is 5.46. The second-order valence-corrected chi connectivity index (χ2v) is 7.00. The van der Waals surface area contributed by atoms with Crippen molar-refractivity contribution in [3.8, 4) is 0 Å². The van der Waals surface area contributed by atoms with Gasteiger partial charge in [-0.2, -0.15) is 0 Å². The van der Waals surface area contributed by atoms with Crippen LogP contribution in [-0.2, 0) is 13.1 Å². The van der Waals surface area contributed by atoms with Crippen molar-refractivity contribution in [2.24, 2.45) is 11.8 Å². The molecule has 1 aliphatic carbocycles. The first kappa shape index (κ1) is 16.7. The lowest BCUT2D eigenvalue weighted by molar-refractivity contribution is 0.233. The van der Waals surface area contributed by atoms with E-state index < -0.39 is 0 Å². The van der Waals surface area contributed by atoms with Gasteiger partial charge in [0, 0.05) is 31.0 Å². The van der Waals surface area contributed by atoms with Crippen molar-refractivity contribution in [1.29, 1.82) is 0 Å². The smallest absolute Gasteiger partial charge is 0.0240 e. The lowest BCUT2D eigenvalue weighted by atomic mass is 10.1. The van der Waals surface area contributed by atoms with Crippen molar-refractivity contribution in [2.75, 3.05) is 0 Å². The van der Waals surface area contributed by atoms with Crippen molar-refractivity contribution < 1.29 is 0 Å². The largest absolute Gasteiger partial charge is 0.291 e. The van der Waals surface area contributed by atoms with Crippen LogP contribution < -0.4 is 0 Å². The Morgan fingerprint density at radius 1 is 0.875 bits per heavy atom. The molecule has 1 saturated carbocycles. The van der Waals surface area contributed by atoms with E-state index in [1.165, 1.54) is 16.7 Å². The molecular weight excluding hydrogens is 290 g/mol. The molecule has 124 valence electrons. The van der Waals surface area contributed by atoms with Crippen LogP contribution >= 0.6 is 0 Å². The van der Waals surface area contributed by atoms with E-state index in [9.17, 15) is 0 Å². The first-order valence-electron chi connectivity index (χ1n) is 8.78. The summed E-state index contributed by atoms with van der Waals surface area (Å²) >= 11 is 0.